The summed E-state index contributed by atoms with van der Waals surface area (Å²) >= 11 is 4.59. The molecule has 7 heteroatoms. The van der Waals surface area contributed by atoms with Crippen LogP contribution in [0.1, 0.15) is 37.8 Å². The maximum Gasteiger partial charge on any atom is 0.341 e. The summed E-state index contributed by atoms with van der Waals surface area (Å²) in [7, 11) is 1.34. The van der Waals surface area contributed by atoms with Gasteiger partial charge in [0.1, 0.15) is 5.00 Å². The smallest absolute Gasteiger partial charge is 0.341 e. The molecule has 5 nitrogen and oxygen atoms in total. The number of ether oxygens (including phenoxy) is 1. The van der Waals surface area contributed by atoms with E-state index in [2.05, 4.69) is 21.2 Å². The zero-order valence-corrected chi connectivity index (χ0v) is 13.6. The summed E-state index contributed by atoms with van der Waals surface area (Å²) in [5, 5.41) is 3.28. The second-order valence-electron chi connectivity index (χ2n) is 4.61. The Morgan fingerprint density at radius 1 is 1.38 bits per heavy atom. The van der Waals surface area contributed by atoms with Gasteiger partial charge < -0.3 is 14.5 Å². The van der Waals surface area contributed by atoms with Crippen LogP contribution in [0.3, 0.4) is 0 Å². The highest BCUT2D eigenvalue weighted by Gasteiger charge is 2.28. The lowest BCUT2D eigenvalue weighted by Crippen LogP contribution is -2.13. The Kier molecular flexibility index (Phi) is 3.86. The number of hydrogen-bond acceptors (Lipinski definition) is 5. The molecule has 2 heterocycles. The van der Waals surface area contributed by atoms with E-state index in [1.54, 1.807) is 12.1 Å². The third-order valence-corrected chi connectivity index (χ3v) is 4.97. The van der Waals surface area contributed by atoms with Gasteiger partial charge in [0, 0.05) is 4.88 Å². The van der Waals surface area contributed by atoms with Crippen LogP contribution in [0, 0.1) is 0 Å². The highest BCUT2D eigenvalue weighted by atomic mass is 79.9. The number of carbonyl (C=O) groups is 2. The van der Waals surface area contributed by atoms with E-state index >= 15 is 0 Å². The highest BCUT2D eigenvalue weighted by Crippen LogP contribution is 2.39. The number of methoxy groups -OCH3 is 1. The van der Waals surface area contributed by atoms with Crippen LogP contribution < -0.4 is 5.32 Å². The van der Waals surface area contributed by atoms with Gasteiger partial charge in [-0.15, -0.1) is 11.3 Å². The minimum absolute atomic E-state index is 0.186. The highest BCUT2D eigenvalue weighted by molar-refractivity contribution is 9.10. The molecule has 1 N–H and O–H groups in total. The summed E-state index contributed by atoms with van der Waals surface area (Å²) in [6.07, 6.45) is 2.81. The van der Waals surface area contributed by atoms with E-state index in [4.69, 9.17) is 9.15 Å². The lowest BCUT2D eigenvalue weighted by molar-refractivity contribution is 0.0601. The number of furan rings is 1. The number of rotatable bonds is 3. The standard InChI is InChI=1S/C14H12BrNO4S/c1-19-14(18)11-7-3-2-4-9(7)21-13(11)16-12(17)8-5-6-10(15)20-8/h5-6H,2-4H2,1H3,(H,16,17). The molecule has 1 amide bonds. The molecule has 1 aliphatic rings. The van der Waals surface area contributed by atoms with Crippen molar-refractivity contribution >= 4 is 44.1 Å². The summed E-state index contributed by atoms with van der Waals surface area (Å²) in [6.45, 7) is 0. The number of anilines is 1. The van der Waals surface area contributed by atoms with Gasteiger partial charge in [0.05, 0.1) is 12.7 Å². The monoisotopic (exact) mass is 369 g/mol. The predicted molar refractivity (Wildman–Crippen MR) is 82.0 cm³/mol. The fourth-order valence-electron chi connectivity index (χ4n) is 2.41. The van der Waals surface area contributed by atoms with E-state index in [0.717, 1.165) is 29.7 Å². The van der Waals surface area contributed by atoms with Crippen molar-refractivity contribution in [2.45, 2.75) is 19.3 Å². The Balaban J connectivity index is 1.92. The molecule has 0 atom stereocenters. The van der Waals surface area contributed by atoms with Crippen molar-refractivity contribution in [1.29, 1.82) is 0 Å². The maximum absolute atomic E-state index is 12.1. The van der Waals surface area contributed by atoms with Crippen molar-refractivity contribution in [1.82, 2.24) is 0 Å². The summed E-state index contributed by atoms with van der Waals surface area (Å²) in [5.41, 5.74) is 1.48. The molecule has 0 unspecified atom stereocenters. The SMILES string of the molecule is COC(=O)c1c(NC(=O)c2ccc(Br)o2)sc2c1CCC2. The van der Waals surface area contributed by atoms with E-state index in [9.17, 15) is 9.59 Å². The molecule has 0 saturated carbocycles. The normalized spacial score (nSPS) is 13.0. The Bertz CT molecular complexity index is 719. The Morgan fingerprint density at radius 3 is 2.86 bits per heavy atom. The second-order valence-corrected chi connectivity index (χ2v) is 6.50. The lowest BCUT2D eigenvalue weighted by atomic mass is 10.1. The number of halogens is 1. The zero-order valence-electron chi connectivity index (χ0n) is 11.2. The third-order valence-electron chi connectivity index (χ3n) is 3.33. The van der Waals surface area contributed by atoms with Crippen molar-refractivity contribution in [3.8, 4) is 0 Å². The lowest BCUT2D eigenvalue weighted by Gasteiger charge is -2.05. The molecule has 0 aliphatic heterocycles. The van der Waals surface area contributed by atoms with Gasteiger partial charge in [-0.25, -0.2) is 4.79 Å². The number of aryl methyl sites for hydroxylation is 1. The van der Waals surface area contributed by atoms with Gasteiger partial charge in [-0.3, -0.25) is 4.79 Å². The van der Waals surface area contributed by atoms with Gasteiger partial charge in [0.2, 0.25) is 0 Å². The van der Waals surface area contributed by atoms with Gasteiger partial charge in [-0.2, -0.15) is 0 Å². The topological polar surface area (TPSA) is 68.5 Å². The van der Waals surface area contributed by atoms with E-state index in [0.29, 0.717) is 15.2 Å². The zero-order chi connectivity index (χ0) is 15.0. The molecule has 1 aliphatic carbocycles. The van der Waals surface area contributed by atoms with Crippen LogP contribution in [0.25, 0.3) is 0 Å². The largest absolute Gasteiger partial charge is 0.465 e. The van der Waals surface area contributed by atoms with E-state index < -0.39 is 5.97 Å². The van der Waals surface area contributed by atoms with Crippen molar-refractivity contribution < 1.29 is 18.7 Å². The van der Waals surface area contributed by atoms with Crippen LogP contribution in [0.4, 0.5) is 5.00 Å². The minimum Gasteiger partial charge on any atom is -0.465 e. The van der Waals surface area contributed by atoms with E-state index in [1.165, 1.54) is 18.4 Å². The van der Waals surface area contributed by atoms with E-state index in [-0.39, 0.29) is 11.7 Å². The number of amides is 1. The van der Waals surface area contributed by atoms with Crippen molar-refractivity contribution in [2.24, 2.45) is 0 Å². The first kappa shape index (κ1) is 14.3. The molecule has 110 valence electrons. The van der Waals surface area contributed by atoms with Crippen LogP contribution in [0.5, 0.6) is 0 Å². The van der Waals surface area contributed by atoms with Crippen molar-refractivity contribution in [3.05, 3.63) is 38.6 Å². The molecule has 0 spiro atoms. The Morgan fingerprint density at radius 2 is 2.19 bits per heavy atom. The number of nitrogens with one attached hydrogen (secondary N) is 1. The minimum atomic E-state index is -0.412. The number of thiophene rings is 1. The average molecular weight is 370 g/mol. The van der Waals surface area contributed by atoms with E-state index in [1.807, 2.05) is 0 Å². The number of carbonyl (C=O) groups excluding carboxylic acids is 2. The summed E-state index contributed by atoms with van der Waals surface area (Å²) in [5.74, 6) is -0.609. The molecule has 0 saturated heterocycles. The quantitative estimate of drug-likeness (QED) is 0.838. The van der Waals surface area contributed by atoms with Crippen LogP contribution >= 0.6 is 27.3 Å². The number of fused-ring (bicyclic) bond motifs is 1. The molecule has 2 aromatic rings. The molecule has 0 radical (unpaired) electrons. The fraction of sp³-hybridized carbons (Fsp3) is 0.286. The third kappa shape index (κ3) is 2.63. The number of esters is 1. The second kappa shape index (κ2) is 5.65. The maximum atomic E-state index is 12.1. The first-order chi connectivity index (χ1) is 10.1. The van der Waals surface area contributed by atoms with Gasteiger partial charge in [0.15, 0.2) is 10.4 Å². The number of hydrogen-bond donors (Lipinski definition) is 1. The Labute approximate surface area is 133 Å². The predicted octanol–water partition coefficient (Wildman–Crippen LogP) is 3.63. The van der Waals surface area contributed by atoms with Crippen molar-refractivity contribution in [3.63, 3.8) is 0 Å². The van der Waals surface area contributed by atoms with Gasteiger partial charge in [-0.05, 0) is 52.9 Å². The average Bonchev–Trinajstić information content (AvgIpc) is 3.13. The van der Waals surface area contributed by atoms with Gasteiger partial charge in [-0.1, -0.05) is 0 Å². The molecule has 3 rings (SSSR count). The first-order valence-electron chi connectivity index (χ1n) is 6.39. The molecular weight excluding hydrogens is 358 g/mol. The first-order valence-corrected chi connectivity index (χ1v) is 8.00. The van der Waals surface area contributed by atoms with Crippen LogP contribution in [-0.4, -0.2) is 19.0 Å². The summed E-state index contributed by atoms with van der Waals surface area (Å²) in [4.78, 5) is 25.3. The van der Waals surface area contributed by atoms with Crippen LogP contribution in [0.2, 0.25) is 0 Å². The molecule has 0 aromatic carbocycles. The summed E-state index contributed by atoms with van der Waals surface area (Å²) < 4.78 is 10.5. The van der Waals surface area contributed by atoms with Crippen LogP contribution in [-0.2, 0) is 17.6 Å². The van der Waals surface area contributed by atoms with Gasteiger partial charge >= 0.3 is 5.97 Å². The van der Waals surface area contributed by atoms with Crippen molar-refractivity contribution in [2.75, 3.05) is 12.4 Å². The summed E-state index contributed by atoms with van der Waals surface area (Å²) in [6, 6.07) is 3.21. The fourth-order valence-corrected chi connectivity index (χ4v) is 3.99. The van der Waals surface area contributed by atoms with Gasteiger partial charge in [0.25, 0.3) is 5.91 Å². The molecule has 0 fully saturated rings. The molecule has 21 heavy (non-hydrogen) atoms. The molecule has 2 aromatic heterocycles. The molecular formula is C14H12BrNO4S. The Hall–Kier alpha value is -1.60. The van der Waals surface area contributed by atoms with Crippen LogP contribution in [0.15, 0.2) is 21.2 Å². The molecule has 0 bridgehead atoms.